The third-order valence-corrected chi connectivity index (χ3v) is 6.37. The Morgan fingerprint density at radius 1 is 0.886 bits per heavy atom. The number of nitro groups is 1. The SMILES string of the molecule is COc1cc(C(C[N+](=O)[O-])c2c(-c3c[nH]c4ccccc34)[nH]c3ccccc23)cc(OC)c1OC. The average molecular weight is 472 g/mol. The van der Waals surface area contributed by atoms with Gasteiger partial charge in [-0.05, 0) is 35.4 Å². The molecule has 0 radical (unpaired) electrons. The van der Waals surface area contributed by atoms with Crippen molar-refractivity contribution < 1.29 is 19.1 Å². The minimum absolute atomic E-state index is 0.283. The second kappa shape index (κ2) is 9.06. The number of aromatic nitrogens is 2. The van der Waals surface area contributed by atoms with Gasteiger partial charge in [0, 0.05) is 38.5 Å². The van der Waals surface area contributed by atoms with Crippen LogP contribution in [0.3, 0.4) is 0 Å². The molecule has 0 aliphatic carbocycles. The van der Waals surface area contributed by atoms with Gasteiger partial charge < -0.3 is 24.2 Å². The van der Waals surface area contributed by atoms with Crippen LogP contribution in [0.2, 0.25) is 0 Å². The number of H-pyrrole nitrogens is 2. The monoisotopic (exact) mass is 471 g/mol. The first-order valence-electron chi connectivity index (χ1n) is 11.1. The molecule has 35 heavy (non-hydrogen) atoms. The van der Waals surface area contributed by atoms with Crippen molar-refractivity contribution in [3.05, 3.63) is 88.1 Å². The van der Waals surface area contributed by atoms with Gasteiger partial charge >= 0.3 is 0 Å². The lowest BCUT2D eigenvalue weighted by atomic mass is 9.87. The number of hydrogen-bond donors (Lipinski definition) is 2. The summed E-state index contributed by atoms with van der Waals surface area (Å²) in [5.41, 5.74) is 5.23. The first kappa shape index (κ1) is 22.3. The number of hydrogen-bond acceptors (Lipinski definition) is 5. The maximum Gasteiger partial charge on any atom is 0.214 e. The summed E-state index contributed by atoms with van der Waals surface area (Å²) in [5.74, 6) is 0.750. The quantitative estimate of drug-likeness (QED) is 0.222. The number of benzene rings is 3. The van der Waals surface area contributed by atoms with Crippen molar-refractivity contribution in [1.82, 2.24) is 9.97 Å². The molecule has 0 amide bonds. The molecule has 1 unspecified atom stereocenters. The molecule has 8 nitrogen and oxygen atoms in total. The van der Waals surface area contributed by atoms with Crippen molar-refractivity contribution in [2.75, 3.05) is 27.9 Å². The Morgan fingerprint density at radius 2 is 1.51 bits per heavy atom. The van der Waals surface area contributed by atoms with Crippen LogP contribution in [0.4, 0.5) is 0 Å². The van der Waals surface area contributed by atoms with Crippen molar-refractivity contribution in [3.8, 4) is 28.5 Å². The number of para-hydroxylation sites is 2. The first-order valence-corrected chi connectivity index (χ1v) is 11.1. The van der Waals surface area contributed by atoms with Gasteiger partial charge in [-0.1, -0.05) is 36.4 Å². The molecular formula is C27H25N3O5. The highest BCUT2D eigenvalue weighted by Gasteiger charge is 2.30. The third kappa shape index (κ3) is 3.82. The van der Waals surface area contributed by atoms with E-state index in [-0.39, 0.29) is 11.5 Å². The summed E-state index contributed by atoms with van der Waals surface area (Å²) in [6.45, 7) is -0.310. The number of nitrogens with zero attached hydrogens (tertiary/aromatic N) is 1. The molecule has 0 fully saturated rings. The smallest absolute Gasteiger partial charge is 0.214 e. The topological polar surface area (TPSA) is 102 Å². The standard InChI is InChI=1S/C27H25N3O5/c1-33-23-12-16(13-24(34-2)27(23)35-3)20(15-30(31)32)25-18-9-5-7-11-22(18)29-26(25)19-14-28-21-10-6-4-8-17(19)21/h4-14,20,28-29H,15H2,1-3H3. The number of fused-ring (bicyclic) bond motifs is 2. The van der Waals surface area contributed by atoms with E-state index in [0.29, 0.717) is 22.8 Å². The van der Waals surface area contributed by atoms with E-state index in [1.807, 2.05) is 54.7 Å². The van der Waals surface area contributed by atoms with Gasteiger partial charge in [0.25, 0.3) is 0 Å². The average Bonchev–Trinajstić information content (AvgIpc) is 3.47. The highest BCUT2D eigenvalue weighted by atomic mass is 16.6. The summed E-state index contributed by atoms with van der Waals surface area (Å²) < 4.78 is 16.6. The van der Waals surface area contributed by atoms with Crippen LogP contribution in [0.1, 0.15) is 17.0 Å². The maximum atomic E-state index is 12.0. The van der Waals surface area contributed by atoms with Crippen molar-refractivity contribution in [2.45, 2.75) is 5.92 Å². The molecule has 0 aliphatic heterocycles. The Kier molecular flexibility index (Phi) is 5.78. The second-order valence-corrected chi connectivity index (χ2v) is 8.23. The number of rotatable bonds is 8. The van der Waals surface area contributed by atoms with E-state index in [9.17, 15) is 10.1 Å². The normalized spacial score (nSPS) is 12.1. The predicted molar refractivity (Wildman–Crippen MR) is 135 cm³/mol. The van der Waals surface area contributed by atoms with Gasteiger partial charge in [0.15, 0.2) is 11.5 Å². The van der Waals surface area contributed by atoms with Crippen LogP contribution in [0.15, 0.2) is 66.9 Å². The Labute approximate surface area is 201 Å². The Hall–Kier alpha value is -4.46. The fourth-order valence-corrected chi connectivity index (χ4v) is 4.83. The summed E-state index contributed by atoms with van der Waals surface area (Å²) in [6, 6.07) is 19.4. The molecule has 178 valence electrons. The molecule has 0 saturated heterocycles. The van der Waals surface area contributed by atoms with E-state index in [4.69, 9.17) is 14.2 Å². The van der Waals surface area contributed by atoms with Gasteiger partial charge in [0.2, 0.25) is 12.3 Å². The fraction of sp³-hybridized carbons (Fsp3) is 0.185. The van der Waals surface area contributed by atoms with Gasteiger partial charge in [0.05, 0.1) is 32.9 Å². The van der Waals surface area contributed by atoms with Gasteiger partial charge in [-0.2, -0.15) is 0 Å². The Morgan fingerprint density at radius 3 is 2.14 bits per heavy atom. The fourth-order valence-electron chi connectivity index (χ4n) is 4.83. The lowest BCUT2D eigenvalue weighted by Gasteiger charge is -2.19. The van der Waals surface area contributed by atoms with E-state index < -0.39 is 5.92 Å². The molecule has 5 aromatic rings. The molecule has 1 atom stereocenters. The van der Waals surface area contributed by atoms with Crippen molar-refractivity contribution in [3.63, 3.8) is 0 Å². The Bertz CT molecular complexity index is 1510. The minimum Gasteiger partial charge on any atom is -0.493 e. The van der Waals surface area contributed by atoms with Crippen LogP contribution in [0.25, 0.3) is 33.1 Å². The zero-order valence-corrected chi connectivity index (χ0v) is 19.6. The molecule has 2 aromatic heterocycles. The van der Waals surface area contributed by atoms with Crippen LogP contribution in [-0.2, 0) is 0 Å². The number of methoxy groups -OCH3 is 3. The second-order valence-electron chi connectivity index (χ2n) is 8.23. The minimum atomic E-state index is -0.585. The summed E-state index contributed by atoms with van der Waals surface area (Å²) in [7, 11) is 4.60. The van der Waals surface area contributed by atoms with E-state index in [0.717, 1.165) is 38.6 Å². The van der Waals surface area contributed by atoms with Crippen molar-refractivity contribution in [1.29, 1.82) is 0 Å². The molecule has 3 aromatic carbocycles. The van der Waals surface area contributed by atoms with Gasteiger partial charge in [0.1, 0.15) is 0 Å². The first-order chi connectivity index (χ1) is 17.0. The summed E-state index contributed by atoms with van der Waals surface area (Å²) in [6.07, 6.45) is 1.94. The van der Waals surface area contributed by atoms with Crippen LogP contribution in [-0.4, -0.2) is 42.8 Å². The zero-order chi connectivity index (χ0) is 24.5. The Balaban J connectivity index is 1.81. The molecule has 5 rings (SSSR count). The molecule has 0 spiro atoms. The molecule has 0 bridgehead atoms. The highest BCUT2D eigenvalue weighted by Crippen LogP contribution is 2.45. The van der Waals surface area contributed by atoms with E-state index in [1.165, 1.54) is 21.3 Å². The molecule has 2 heterocycles. The van der Waals surface area contributed by atoms with Gasteiger partial charge in [-0.25, -0.2) is 0 Å². The molecular weight excluding hydrogens is 446 g/mol. The number of nitrogens with one attached hydrogen (secondary N) is 2. The molecule has 8 heteroatoms. The lowest BCUT2D eigenvalue weighted by molar-refractivity contribution is -0.481. The summed E-state index contributed by atoms with van der Waals surface area (Å²) >= 11 is 0. The maximum absolute atomic E-state index is 12.0. The zero-order valence-electron chi connectivity index (χ0n) is 19.6. The van der Waals surface area contributed by atoms with Crippen LogP contribution < -0.4 is 14.2 Å². The van der Waals surface area contributed by atoms with Crippen LogP contribution >= 0.6 is 0 Å². The van der Waals surface area contributed by atoms with E-state index in [2.05, 4.69) is 9.97 Å². The van der Waals surface area contributed by atoms with Crippen LogP contribution in [0, 0.1) is 10.1 Å². The van der Waals surface area contributed by atoms with E-state index >= 15 is 0 Å². The van der Waals surface area contributed by atoms with Gasteiger partial charge in [-0.3, -0.25) is 10.1 Å². The summed E-state index contributed by atoms with van der Waals surface area (Å²) in [4.78, 5) is 18.5. The number of aromatic amines is 2. The number of ether oxygens (including phenoxy) is 3. The predicted octanol–water partition coefficient (Wildman–Crippen LogP) is 5.75. The van der Waals surface area contributed by atoms with Crippen molar-refractivity contribution in [2.24, 2.45) is 0 Å². The van der Waals surface area contributed by atoms with Crippen LogP contribution in [0.5, 0.6) is 17.2 Å². The molecule has 2 N–H and O–H groups in total. The molecule has 0 aliphatic rings. The lowest BCUT2D eigenvalue weighted by Crippen LogP contribution is -2.15. The third-order valence-electron chi connectivity index (χ3n) is 6.37. The van der Waals surface area contributed by atoms with E-state index in [1.54, 1.807) is 12.1 Å². The molecule has 0 saturated carbocycles. The van der Waals surface area contributed by atoms with Crippen molar-refractivity contribution >= 4 is 21.8 Å². The highest BCUT2D eigenvalue weighted by molar-refractivity contribution is 6.00. The largest absolute Gasteiger partial charge is 0.493 e. The summed E-state index contributed by atoms with van der Waals surface area (Å²) in [5, 5.41) is 13.9. The van der Waals surface area contributed by atoms with Gasteiger partial charge in [-0.15, -0.1) is 0 Å².